The van der Waals surface area contributed by atoms with Crippen LogP contribution < -0.4 is 0 Å². The fourth-order valence-electron chi connectivity index (χ4n) is 2.63. The van der Waals surface area contributed by atoms with Gasteiger partial charge in [-0.25, -0.2) is 0 Å². The summed E-state index contributed by atoms with van der Waals surface area (Å²) in [6, 6.07) is 10.8. The van der Waals surface area contributed by atoms with E-state index in [2.05, 4.69) is 30.3 Å². The van der Waals surface area contributed by atoms with Crippen LogP contribution in [0.1, 0.15) is 56.1 Å². The number of benzene rings is 1. The van der Waals surface area contributed by atoms with E-state index in [0.717, 1.165) is 17.1 Å². The van der Waals surface area contributed by atoms with Gasteiger partial charge in [-0.3, -0.25) is 0 Å². The van der Waals surface area contributed by atoms with Gasteiger partial charge in [0.15, 0.2) is 0 Å². The largest absolute Gasteiger partial charge is 0.193 e. The van der Waals surface area contributed by atoms with Crippen LogP contribution in [0.2, 0.25) is 0 Å². The standard InChI is InChI=1S/C16H19N/c1-13(11-12-17)14-7-9-16(10-8-14)15-5-3-2-4-6-15/h7-11,15H,2-6H2,1H3/b13-11+. The number of rotatable bonds is 2. The molecule has 88 valence electrons. The number of nitrogens with zero attached hydrogens (tertiary/aromatic N) is 1. The summed E-state index contributed by atoms with van der Waals surface area (Å²) in [5, 5.41) is 8.63. The van der Waals surface area contributed by atoms with Crippen LogP contribution in [0.5, 0.6) is 0 Å². The van der Waals surface area contributed by atoms with Crippen LogP contribution in [0.4, 0.5) is 0 Å². The van der Waals surface area contributed by atoms with Crippen LogP contribution in [-0.4, -0.2) is 0 Å². The van der Waals surface area contributed by atoms with Crippen molar-refractivity contribution in [3.05, 3.63) is 41.5 Å². The average Bonchev–Trinajstić information content (AvgIpc) is 2.40. The molecule has 1 aromatic rings. The molecule has 0 atom stereocenters. The minimum atomic E-state index is 0.762. The summed E-state index contributed by atoms with van der Waals surface area (Å²) in [4.78, 5) is 0. The third kappa shape index (κ3) is 2.97. The zero-order valence-corrected chi connectivity index (χ0v) is 10.4. The Labute approximate surface area is 104 Å². The van der Waals surface area contributed by atoms with E-state index in [-0.39, 0.29) is 0 Å². The molecule has 1 aliphatic rings. The van der Waals surface area contributed by atoms with Gasteiger partial charge in [-0.15, -0.1) is 0 Å². The molecule has 1 aliphatic carbocycles. The first-order valence-electron chi connectivity index (χ1n) is 6.48. The predicted octanol–water partition coefficient (Wildman–Crippen LogP) is 4.66. The van der Waals surface area contributed by atoms with E-state index in [1.165, 1.54) is 37.7 Å². The lowest BCUT2D eigenvalue weighted by Gasteiger charge is -2.22. The molecule has 0 aromatic heterocycles. The van der Waals surface area contributed by atoms with Crippen LogP contribution in [0.25, 0.3) is 5.57 Å². The molecule has 17 heavy (non-hydrogen) atoms. The summed E-state index contributed by atoms with van der Waals surface area (Å²) in [6.07, 6.45) is 8.44. The van der Waals surface area contributed by atoms with Crippen molar-refractivity contribution in [2.75, 3.05) is 0 Å². The summed E-state index contributed by atoms with van der Waals surface area (Å²) in [7, 11) is 0. The summed E-state index contributed by atoms with van der Waals surface area (Å²) >= 11 is 0. The number of allylic oxidation sites excluding steroid dienone is 2. The van der Waals surface area contributed by atoms with Gasteiger partial charge in [-0.2, -0.15) is 5.26 Å². The molecule has 1 nitrogen and oxygen atoms in total. The second-order valence-electron chi connectivity index (χ2n) is 4.91. The second-order valence-corrected chi connectivity index (χ2v) is 4.91. The third-order valence-corrected chi connectivity index (χ3v) is 3.72. The van der Waals surface area contributed by atoms with Crippen LogP contribution >= 0.6 is 0 Å². The first-order valence-corrected chi connectivity index (χ1v) is 6.48. The molecule has 0 heterocycles. The maximum atomic E-state index is 8.63. The van der Waals surface area contributed by atoms with Gasteiger partial charge < -0.3 is 0 Å². The maximum absolute atomic E-state index is 8.63. The average molecular weight is 225 g/mol. The van der Waals surface area contributed by atoms with Crippen molar-refractivity contribution in [2.45, 2.75) is 44.9 Å². The molecule has 1 aromatic carbocycles. The second kappa shape index (κ2) is 5.68. The minimum Gasteiger partial charge on any atom is -0.193 e. The fraction of sp³-hybridized carbons (Fsp3) is 0.438. The van der Waals surface area contributed by atoms with Gasteiger partial charge in [0.25, 0.3) is 0 Å². The molecule has 0 bridgehead atoms. The molecule has 0 unspecified atom stereocenters. The first kappa shape index (κ1) is 11.9. The van der Waals surface area contributed by atoms with Gasteiger partial charge in [0, 0.05) is 6.08 Å². The van der Waals surface area contributed by atoms with Crippen LogP contribution in [-0.2, 0) is 0 Å². The molecular formula is C16H19N. The van der Waals surface area contributed by atoms with Gasteiger partial charge in [0.2, 0.25) is 0 Å². The van der Waals surface area contributed by atoms with E-state index in [4.69, 9.17) is 5.26 Å². The lowest BCUT2D eigenvalue weighted by molar-refractivity contribution is 0.443. The normalized spacial score (nSPS) is 17.8. The maximum Gasteiger partial charge on any atom is 0.0915 e. The molecule has 1 saturated carbocycles. The van der Waals surface area contributed by atoms with Crippen LogP contribution in [0.15, 0.2) is 30.3 Å². The Hall–Kier alpha value is -1.55. The van der Waals surface area contributed by atoms with Crippen molar-refractivity contribution in [1.82, 2.24) is 0 Å². The molecule has 0 saturated heterocycles. The number of hydrogen-bond donors (Lipinski definition) is 0. The van der Waals surface area contributed by atoms with E-state index in [9.17, 15) is 0 Å². The topological polar surface area (TPSA) is 23.8 Å². The first-order chi connectivity index (χ1) is 8.31. The van der Waals surface area contributed by atoms with Gasteiger partial charge in [0.1, 0.15) is 0 Å². The quantitative estimate of drug-likeness (QED) is 0.671. The Morgan fingerprint density at radius 1 is 1.18 bits per heavy atom. The lowest BCUT2D eigenvalue weighted by atomic mass is 9.84. The lowest BCUT2D eigenvalue weighted by Crippen LogP contribution is -2.04. The Kier molecular flexibility index (Phi) is 3.98. The molecule has 1 heteroatoms. The van der Waals surface area contributed by atoms with Crippen molar-refractivity contribution in [1.29, 1.82) is 5.26 Å². The molecule has 1 fully saturated rings. The summed E-state index contributed by atoms with van der Waals surface area (Å²) in [5.41, 5.74) is 3.67. The van der Waals surface area contributed by atoms with Crippen molar-refractivity contribution in [3.8, 4) is 6.07 Å². The van der Waals surface area contributed by atoms with Gasteiger partial charge >= 0.3 is 0 Å². The molecule has 0 amide bonds. The number of hydrogen-bond acceptors (Lipinski definition) is 1. The van der Waals surface area contributed by atoms with E-state index in [1.54, 1.807) is 6.08 Å². The van der Waals surface area contributed by atoms with Gasteiger partial charge in [0.05, 0.1) is 6.07 Å². The molecule has 0 aliphatic heterocycles. The van der Waals surface area contributed by atoms with Crippen molar-refractivity contribution in [2.24, 2.45) is 0 Å². The van der Waals surface area contributed by atoms with Crippen LogP contribution in [0, 0.1) is 11.3 Å². The highest BCUT2D eigenvalue weighted by molar-refractivity contribution is 5.65. The molecule has 0 radical (unpaired) electrons. The Balaban J connectivity index is 2.12. The highest BCUT2D eigenvalue weighted by atomic mass is 14.2. The zero-order valence-electron chi connectivity index (χ0n) is 10.4. The predicted molar refractivity (Wildman–Crippen MR) is 71.5 cm³/mol. The Bertz CT molecular complexity index is 428. The summed E-state index contributed by atoms with van der Waals surface area (Å²) in [5.74, 6) is 0.762. The third-order valence-electron chi connectivity index (χ3n) is 3.72. The van der Waals surface area contributed by atoms with Crippen molar-refractivity contribution in [3.63, 3.8) is 0 Å². The Morgan fingerprint density at radius 2 is 1.82 bits per heavy atom. The summed E-state index contributed by atoms with van der Waals surface area (Å²) < 4.78 is 0. The van der Waals surface area contributed by atoms with Crippen molar-refractivity contribution >= 4 is 5.57 Å². The SMILES string of the molecule is C/C(=C\C#N)c1ccc(C2CCCCC2)cc1. The molecule has 0 N–H and O–H groups in total. The minimum absolute atomic E-state index is 0.762. The monoisotopic (exact) mass is 225 g/mol. The van der Waals surface area contributed by atoms with Gasteiger partial charge in [-0.05, 0) is 42.4 Å². The highest BCUT2D eigenvalue weighted by Crippen LogP contribution is 2.32. The highest BCUT2D eigenvalue weighted by Gasteiger charge is 2.14. The van der Waals surface area contributed by atoms with E-state index >= 15 is 0 Å². The Morgan fingerprint density at radius 3 is 2.41 bits per heavy atom. The zero-order chi connectivity index (χ0) is 12.1. The number of nitriles is 1. The van der Waals surface area contributed by atoms with E-state index in [1.807, 2.05) is 6.92 Å². The summed E-state index contributed by atoms with van der Waals surface area (Å²) in [6.45, 7) is 1.98. The smallest absolute Gasteiger partial charge is 0.0915 e. The molecule has 0 spiro atoms. The van der Waals surface area contributed by atoms with Gasteiger partial charge in [-0.1, -0.05) is 43.5 Å². The van der Waals surface area contributed by atoms with Crippen LogP contribution in [0.3, 0.4) is 0 Å². The fourth-order valence-corrected chi connectivity index (χ4v) is 2.63. The molecule has 2 rings (SSSR count). The molecular weight excluding hydrogens is 206 g/mol. The van der Waals surface area contributed by atoms with E-state index < -0.39 is 0 Å². The van der Waals surface area contributed by atoms with Crippen molar-refractivity contribution < 1.29 is 0 Å². The van der Waals surface area contributed by atoms with E-state index in [0.29, 0.717) is 0 Å².